The van der Waals surface area contributed by atoms with Gasteiger partial charge < -0.3 is 4.42 Å². The van der Waals surface area contributed by atoms with Gasteiger partial charge in [-0.2, -0.15) is 9.78 Å². The standard InChI is InChI=1S/C24H21BrClN3O2/c1-4-14(2)23-28-21-9-6-16(25)11-20(21)24(30)29(23)27-13-18-8-10-22(31-18)19-12-17(26)7-5-15(19)3/h5-14H,4H2,1-3H3/t14-/m1/s1. The van der Waals surface area contributed by atoms with Crippen LogP contribution in [0.1, 0.15) is 43.3 Å². The Morgan fingerprint density at radius 3 is 2.81 bits per heavy atom. The van der Waals surface area contributed by atoms with E-state index in [2.05, 4.69) is 28.0 Å². The van der Waals surface area contributed by atoms with Gasteiger partial charge in [0.05, 0.1) is 17.1 Å². The molecule has 0 aliphatic carbocycles. The molecule has 0 amide bonds. The summed E-state index contributed by atoms with van der Waals surface area (Å²) in [6.45, 7) is 6.09. The van der Waals surface area contributed by atoms with Crippen LogP contribution < -0.4 is 5.56 Å². The van der Waals surface area contributed by atoms with Crippen molar-refractivity contribution in [1.29, 1.82) is 0 Å². The molecule has 0 spiro atoms. The van der Waals surface area contributed by atoms with Gasteiger partial charge in [-0.3, -0.25) is 4.79 Å². The molecule has 158 valence electrons. The summed E-state index contributed by atoms with van der Waals surface area (Å²) in [4.78, 5) is 17.9. The number of halogens is 2. The topological polar surface area (TPSA) is 60.4 Å². The lowest BCUT2D eigenvalue weighted by atomic mass is 10.1. The molecule has 7 heteroatoms. The van der Waals surface area contributed by atoms with Gasteiger partial charge in [0, 0.05) is 21.0 Å². The molecule has 0 aliphatic rings. The van der Waals surface area contributed by atoms with Gasteiger partial charge >= 0.3 is 0 Å². The van der Waals surface area contributed by atoms with E-state index in [1.807, 2.05) is 56.3 Å². The molecule has 5 nitrogen and oxygen atoms in total. The first kappa shape index (κ1) is 21.5. The molecule has 0 saturated heterocycles. The second kappa shape index (κ2) is 8.81. The van der Waals surface area contributed by atoms with E-state index < -0.39 is 0 Å². The predicted molar refractivity (Wildman–Crippen MR) is 129 cm³/mol. The molecule has 0 N–H and O–H groups in total. The second-order valence-electron chi connectivity index (χ2n) is 7.46. The van der Waals surface area contributed by atoms with Crippen LogP contribution >= 0.6 is 27.5 Å². The maximum absolute atomic E-state index is 13.2. The number of nitrogens with zero attached hydrogens (tertiary/aromatic N) is 3. The van der Waals surface area contributed by atoms with E-state index in [1.165, 1.54) is 4.68 Å². The fourth-order valence-electron chi connectivity index (χ4n) is 3.32. The zero-order valence-electron chi connectivity index (χ0n) is 17.4. The van der Waals surface area contributed by atoms with E-state index in [1.54, 1.807) is 12.3 Å². The van der Waals surface area contributed by atoms with Gasteiger partial charge in [0.25, 0.3) is 5.56 Å². The highest BCUT2D eigenvalue weighted by Crippen LogP contribution is 2.28. The van der Waals surface area contributed by atoms with E-state index >= 15 is 0 Å². The molecule has 2 aromatic carbocycles. The van der Waals surface area contributed by atoms with Crippen molar-refractivity contribution in [2.45, 2.75) is 33.1 Å². The number of aromatic nitrogens is 2. The van der Waals surface area contributed by atoms with E-state index in [4.69, 9.17) is 21.0 Å². The summed E-state index contributed by atoms with van der Waals surface area (Å²) >= 11 is 9.56. The Kier molecular flexibility index (Phi) is 6.12. The lowest BCUT2D eigenvalue weighted by Crippen LogP contribution is -2.23. The molecule has 0 aliphatic heterocycles. The summed E-state index contributed by atoms with van der Waals surface area (Å²) in [7, 11) is 0. The van der Waals surface area contributed by atoms with Gasteiger partial charge in [-0.15, -0.1) is 0 Å². The Hall–Kier alpha value is -2.70. The second-order valence-corrected chi connectivity index (χ2v) is 8.82. The summed E-state index contributed by atoms with van der Waals surface area (Å²) in [5, 5.41) is 5.60. The SMILES string of the molecule is CC[C@@H](C)c1nc2ccc(Br)cc2c(=O)n1N=Cc1ccc(-c2cc(Cl)ccc2C)o1. The van der Waals surface area contributed by atoms with Crippen molar-refractivity contribution in [3.63, 3.8) is 0 Å². The van der Waals surface area contributed by atoms with Crippen LogP contribution in [0.25, 0.3) is 22.2 Å². The zero-order valence-corrected chi connectivity index (χ0v) is 19.7. The van der Waals surface area contributed by atoms with Crippen LogP contribution in [0.2, 0.25) is 5.02 Å². The van der Waals surface area contributed by atoms with Gasteiger partial charge in [-0.1, -0.05) is 47.4 Å². The molecule has 31 heavy (non-hydrogen) atoms. The van der Waals surface area contributed by atoms with Crippen molar-refractivity contribution in [2.75, 3.05) is 0 Å². The number of fused-ring (bicyclic) bond motifs is 1. The minimum atomic E-state index is -0.213. The Morgan fingerprint density at radius 2 is 2.03 bits per heavy atom. The van der Waals surface area contributed by atoms with Crippen molar-refractivity contribution in [2.24, 2.45) is 5.10 Å². The number of furan rings is 1. The first-order valence-electron chi connectivity index (χ1n) is 10.00. The number of hydrogen-bond donors (Lipinski definition) is 0. The molecule has 0 unspecified atom stereocenters. The van der Waals surface area contributed by atoms with Gasteiger partial charge in [0.2, 0.25) is 0 Å². The summed E-state index contributed by atoms with van der Waals surface area (Å²) in [5.74, 6) is 1.91. The smallest absolute Gasteiger partial charge is 0.282 e. The molecule has 1 atom stereocenters. The third kappa shape index (κ3) is 4.36. The van der Waals surface area contributed by atoms with Crippen LogP contribution in [0, 0.1) is 6.92 Å². The van der Waals surface area contributed by atoms with Crippen molar-refractivity contribution in [3.8, 4) is 11.3 Å². The highest BCUT2D eigenvalue weighted by molar-refractivity contribution is 9.10. The molecule has 4 rings (SSSR count). The van der Waals surface area contributed by atoms with E-state index in [0.29, 0.717) is 33.3 Å². The maximum atomic E-state index is 13.2. The van der Waals surface area contributed by atoms with Crippen molar-refractivity contribution >= 4 is 44.6 Å². The van der Waals surface area contributed by atoms with Crippen molar-refractivity contribution < 1.29 is 4.42 Å². The Balaban J connectivity index is 1.78. The third-order valence-corrected chi connectivity index (χ3v) is 6.01. The van der Waals surface area contributed by atoms with E-state index in [-0.39, 0.29) is 11.5 Å². The average molecular weight is 499 g/mol. The van der Waals surface area contributed by atoms with Crippen molar-refractivity contribution in [3.05, 3.63) is 85.5 Å². The van der Waals surface area contributed by atoms with Crippen LogP contribution in [0.5, 0.6) is 0 Å². The average Bonchev–Trinajstić information content (AvgIpc) is 3.23. The van der Waals surface area contributed by atoms with E-state index in [0.717, 1.165) is 22.0 Å². The molecule has 0 bridgehead atoms. The molecule has 4 aromatic rings. The monoisotopic (exact) mass is 497 g/mol. The summed E-state index contributed by atoms with van der Waals surface area (Å²) in [6, 6.07) is 14.8. The first-order valence-corrected chi connectivity index (χ1v) is 11.2. The molecule has 0 radical (unpaired) electrons. The first-order chi connectivity index (χ1) is 14.9. The molecule has 0 fully saturated rings. The van der Waals surface area contributed by atoms with Crippen LogP contribution in [0.15, 0.2) is 67.3 Å². The predicted octanol–water partition coefficient (Wildman–Crippen LogP) is 6.78. The Bertz CT molecular complexity index is 1360. The minimum Gasteiger partial charge on any atom is -0.455 e. The Morgan fingerprint density at radius 1 is 1.23 bits per heavy atom. The molecule has 0 saturated carbocycles. The molecular weight excluding hydrogens is 478 g/mol. The number of benzene rings is 2. The lowest BCUT2D eigenvalue weighted by Gasteiger charge is -2.13. The number of aryl methyl sites for hydroxylation is 1. The minimum absolute atomic E-state index is 0.0687. The number of rotatable bonds is 5. The van der Waals surface area contributed by atoms with E-state index in [9.17, 15) is 4.79 Å². The quantitative estimate of drug-likeness (QED) is 0.285. The van der Waals surface area contributed by atoms with Crippen molar-refractivity contribution in [1.82, 2.24) is 9.66 Å². The fraction of sp³-hybridized carbons (Fsp3) is 0.208. The normalized spacial score (nSPS) is 12.7. The zero-order chi connectivity index (χ0) is 22.1. The van der Waals surface area contributed by atoms with Gasteiger partial charge in [0.1, 0.15) is 17.3 Å². The molecule has 2 heterocycles. The maximum Gasteiger partial charge on any atom is 0.282 e. The van der Waals surface area contributed by atoms with Crippen LogP contribution in [0.4, 0.5) is 0 Å². The fourth-order valence-corrected chi connectivity index (χ4v) is 3.85. The van der Waals surface area contributed by atoms with Gasteiger partial charge in [0.15, 0.2) is 0 Å². The van der Waals surface area contributed by atoms with Crippen LogP contribution in [-0.4, -0.2) is 15.9 Å². The molecule has 2 aromatic heterocycles. The largest absolute Gasteiger partial charge is 0.455 e. The lowest BCUT2D eigenvalue weighted by molar-refractivity contribution is 0.571. The molecular formula is C24H21BrClN3O2. The third-order valence-electron chi connectivity index (χ3n) is 5.28. The highest BCUT2D eigenvalue weighted by atomic mass is 79.9. The highest BCUT2D eigenvalue weighted by Gasteiger charge is 2.16. The summed E-state index contributed by atoms with van der Waals surface area (Å²) in [5.41, 5.74) is 2.42. The van der Waals surface area contributed by atoms with Gasteiger partial charge in [-0.25, -0.2) is 4.98 Å². The van der Waals surface area contributed by atoms with Gasteiger partial charge in [-0.05, 0) is 61.4 Å². The Labute approximate surface area is 193 Å². The van der Waals surface area contributed by atoms with Crippen LogP contribution in [0.3, 0.4) is 0 Å². The summed E-state index contributed by atoms with van der Waals surface area (Å²) < 4.78 is 8.14. The summed E-state index contributed by atoms with van der Waals surface area (Å²) in [6.07, 6.45) is 2.38. The van der Waals surface area contributed by atoms with Crippen LogP contribution in [-0.2, 0) is 0 Å². The number of hydrogen-bond acceptors (Lipinski definition) is 4.